The Morgan fingerprint density at radius 2 is 2.31 bits per heavy atom. The number of nitrogens with zero attached hydrogens (tertiary/aromatic N) is 1. The first kappa shape index (κ1) is 11.2. The minimum Gasteiger partial charge on any atom is -0.370 e. The van der Waals surface area contributed by atoms with Crippen LogP contribution in [0, 0.1) is 5.92 Å². The van der Waals surface area contributed by atoms with E-state index in [9.17, 15) is 4.79 Å². The number of aromatic amines is 1. The van der Waals surface area contributed by atoms with Crippen LogP contribution in [0.25, 0.3) is 0 Å². The molecule has 0 spiro atoms. The molecule has 0 radical (unpaired) electrons. The molecule has 1 aliphatic rings. The number of H-pyrrole nitrogens is 1. The summed E-state index contributed by atoms with van der Waals surface area (Å²) in [5.74, 6) is 2.60. The van der Waals surface area contributed by atoms with Gasteiger partial charge in [-0.3, -0.25) is 4.79 Å². The van der Waals surface area contributed by atoms with Gasteiger partial charge in [0, 0.05) is 18.5 Å². The molecule has 0 atom stereocenters. The third-order valence-corrected chi connectivity index (χ3v) is 2.86. The summed E-state index contributed by atoms with van der Waals surface area (Å²) in [6, 6.07) is 1.53. The van der Waals surface area contributed by atoms with Gasteiger partial charge in [-0.1, -0.05) is 26.7 Å². The molecular weight excluding hydrogens is 202 g/mol. The second kappa shape index (κ2) is 4.68. The van der Waals surface area contributed by atoms with E-state index in [1.54, 1.807) is 0 Å². The molecule has 2 N–H and O–H groups in total. The maximum Gasteiger partial charge on any atom is 0.252 e. The van der Waals surface area contributed by atoms with Crippen LogP contribution in [0.3, 0.4) is 0 Å². The summed E-state index contributed by atoms with van der Waals surface area (Å²) in [5, 5.41) is 3.22. The SMILES string of the molecule is CC(C)c1nc(NCCC2CC2)cc(=O)[nH]1. The van der Waals surface area contributed by atoms with Gasteiger partial charge in [-0.05, 0) is 12.3 Å². The number of rotatable bonds is 5. The number of nitrogens with one attached hydrogen (secondary N) is 2. The van der Waals surface area contributed by atoms with E-state index in [2.05, 4.69) is 15.3 Å². The number of anilines is 1. The zero-order valence-corrected chi connectivity index (χ0v) is 9.92. The van der Waals surface area contributed by atoms with E-state index >= 15 is 0 Å². The molecule has 0 aromatic carbocycles. The summed E-state index contributed by atoms with van der Waals surface area (Å²) in [5.41, 5.74) is -0.0763. The fourth-order valence-corrected chi connectivity index (χ4v) is 1.65. The van der Waals surface area contributed by atoms with Gasteiger partial charge in [0.1, 0.15) is 11.6 Å². The average molecular weight is 221 g/mol. The Hall–Kier alpha value is -1.32. The molecular formula is C12H19N3O. The Bertz CT molecular complexity index is 407. The predicted octanol–water partition coefficient (Wildman–Crippen LogP) is 2.11. The smallest absolute Gasteiger partial charge is 0.252 e. The van der Waals surface area contributed by atoms with Crippen molar-refractivity contribution < 1.29 is 0 Å². The molecule has 1 heterocycles. The van der Waals surface area contributed by atoms with Gasteiger partial charge in [-0.25, -0.2) is 4.98 Å². The van der Waals surface area contributed by atoms with Crippen molar-refractivity contribution >= 4 is 5.82 Å². The first-order valence-electron chi connectivity index (χ1n) is 6.00. The third-order valence-electron chi connectivity index (χ3n) is 2.86. The summed E-state index contributed by atoms with van der Waals surface area (Å²) in [6.45, 7) is 4.96. The van der Waals surface area contributed by atoms with Gasteiger partial charge in [0.2, 0.25) is 0 Å². The lowest BCUT2D eigenvalue weighted by atomic mass is 10.2. The zero-order chi connectivity index (χ0) is 11.5. The number of hydrogen-bond donors (Lipinski definition) is 2. The van der Waals surface area contributed by atoms with E-state index in [1.165, 1.54) is 25.3 Å². The van der Waals surface area contributed by atoms with Crippen LogP contribution >= 0.6 is 0 Å². The van der Waals surface area contributed by atoms with E-state index < -0.39 is 0 Å². The van der Waals surface area contributed by atoms with Gasteiger partial charge >= 0.3 is 0 Å². The molecule has 0 aliphatic heterocycles. The Kier molecular flexibility index (Phi) is 3.27. The van der Waals surface area contributed by atoms with E-state index in [1.807, 2.05) is 13.8 Å². The van der Waals surface area contributed by atoms with Crippen LogP contribution in [-0.2, 0) is 0 Å². The van der Waals surface area contributed by atoms with Crippen molar-refractivity contribution in [3.05, 3.63) is 22.2 Å². The Morgan fingerprint density at radius 1 is 1.56 bits per heavy atom. The Morgan fingerprint density at radius 3 is 2.94 bits per heavy atom. The summed E-state index contributed by atoms with van der Waals surface area (Å²) in [6.07, 6.45) is 3.91. The minimum atomic E-state index is -0.0763. The third kappa shape index (κ3) is 3.08. The van der Waals surface area contributed by atoms with Crippen molar-refractivity contribution in [3.63, 3.8) is 0 Å². The van der Waals surface area contributed by atoms with Crippen LogP contribution in [-0.4, -0.2) is 16.5 Å². The van der Waals surface area contributed by atoms with Gasteiger partial charge in [0.15, 0.2) is 0 Å². The monoisotopic (exact) mass is 221 g/mol. The van der Waals surface area contributed by atoms with Crippen molar-refractivity contribution in [2.75, 3.05) is 11.9 Å². The van der Waals surface area contributed by atoms with Crippen LogP contribution in [0.2, 0.25) is 0 Å². The van der Waals surface area contributed by atoms with Crippen LogP contribution in [0.1, 0.15) is 44.9 Å². The molecule has 1 saturated carbocycles. The highest BCUT2D eigenvalue weighted by Crippen LogP contribution is 2.31. The molecule has 2 rings (SSSR count). The second-order valence-electron chi connectivity index (χ2n) is 4.83. The first-order chi connectivity index (χ1) is 7.65. The molecule has 0 bridgehead atoms. The van der Waals surface area contributed by atoms with E-state index in [0.717, 1.165) is 18.3 Å². The number of aromatic nitrogens is 2. The molecule has 0 amide bonds. The molecule has 88 valence electrons. The Labute approximate surface area is 95.5 Å². The van der Waals surface area contributed by atoms with Crippen molar-refractivity contribution in [1.29, 1.82) is 0 Å². The average Bonchev–Trinajstić information content (AvgIpc) is 3.01. The van der Waals surface area contributed by atoms with Crippen LogP contribution in [0.5, 0.6) is 0 Å². The molecule has 4 heteroatoms. The van der Waals surface area contributed by atoms with E-state index in [4.69, 9.17) is 0 Å². The van der Waals surface area contributed by atoms with Crippen molar-refractivity contribution in [1.82, 2.24) is 9.97 Å². The molecule has 1 aromatic rings. The Balaban J connectivity index is 1.98. The van der Waals surface area contributed by atoms with Gasteiger partial charge in [-0.15, -0.1) is 0 Å². The summed E-state index contributed by atoms with van der Waals surface area (Å²) in [4.78, 5) is 18.5. The quantitative estimate of drug-likeness (QED) is 0.800. The zero-order valence-electron chi connectivity index (χ0n) is 9.92. The second-order valence-corrected chi connectivity index (χ2v) is 4.83. The molecule has 4 nitrogen and oxygen atoms in total. The lowest BCUT2D eigenvalue weighted by Gasteiger charge is -2.08. The molecule has 1 aliphatic carbocycles. The van der Waals surface area contributed by atoms with Crippen molar-refractivity contribution in [2.45, 2.75) is 39.0 Å². The highest BCUT2D eigenvalue weighted by molar-refractivity contribution is 5.33. The standard InChI is InChI=1S/C12H19N3O/c1-8(2)12-14-10(7-11(16)15-12)13-6-5-9-3-4-9/h7-9H,3-6H2,1-2H3,(H2,13,14,15,16). The van der Waals surface area contributed by atoms with Gasteiger partial charge in [-0.2, -0.15) is 0 Å². The van der Waals surface area contributed by atoms with E-state index in [0.29, 0.717) is 5.82 Å². The molecule has 1 fully saturated rings. The lowest BCUT2D eigenvalue weighted by molar-refractivity contribution is 0.745. The lowest BCUT2D eigenvalue weighted by Crippen LogP contribution is -2.15. The summed E-state index contributed by atoms with van der Waals surface area (Å²) >= 11 is 0. The van der Waals surface area contributed by atoms with Crippen LogP contribution in [0.15, 0.2) is 10.9 Å². The van der Waals surface area contributed by atoms with Crippen molar-refractivity contribution in [2.24, 2.45) is 5.92 Å². The number of hydrogen-bond acceptors (Lipinski definition) is 3. The molecule has 0 unspecified atom stereocenters. The summed E-state index contributed by atoms with van der Waals surface area (Å²) in [7, 11) is 0. The highest BCUT2D eigenvalue weighted by atomic mass is 16.1. The highest BCUT2D eigenvalue weighted by Gasteiger charge is 2.20. The molecule has 16 heavy (non-hydrogen) atoms. The van der Waals surface area contributed by atoms with Gasteiger partial charge in [0.05, 0.1) is 0 Å². The normalized spacial score (nSPS) is 15.4. The van der Waals surface area contributed by atoms with Crippen molar-refractivity contribution in [3.8, 4) is 0 Å². The predicted molar refractivity (Wildman–Crippen MR) is 64.8 cm³/mol. The fraction of sp³-hybridized carbons (Fsp3) is 0.667. The molecule has 0 saturated heterocycles. The van der Waals surface area contributed by atoms with Crippen LogP contribution in [0.4, 0.5) is 5.82 Å². The fourth-order valence-electron chi connectivity index (χ4n) is 1.65. The summed E-state index contributed by atoms with van der Waals surface area (Å²) < 4.78 is 0. The maximum atomic E-state index is 11.4. The maximum absolute atomic E-state index is 11.4. The van der Waals surface area contributed by atoms with Gasteiger partial charge < -0.3 is 10.3 Å². The topological polar surface area (TPSA) is 57.8 Å². The minimum absolute atomic E-state index is 0.0763. The molecule has 1 aromatic heterocycles. The van der Waals surface area contributed by atoms with E-state index in [-0.39, 0.29) is 11.5 Å². The van der Waals surface area contributed by atoms with Crippen LogP contribution < -0.4 is 10.9 Å². The van der Waals surface area contributed by atoms with Gasteiger partial charge in [0.25, 0.3) is 5.56 Å². The first-order valence-corrected chi connectivity index (χ1v) is 6.00. The largest absolute Gasteiger partial charge is 0.370 e.